The number of phenols is 1. The van der Waals surface area contributed by atoms with Crippen LogP contribution in [0.1, 0.15) is 49.3 Å². The summed E-state index contributed by atoms with van der Waals surface area (Å²) in [6.07, 6.45) is 3.03. The minimum atomic E-state index is -1.12. The summed E-state index contributed by atoms with van der Waals surface area (Å²) in [5.41, 5.74) is 5.52. The molecule has 5 rings (SSSR count). The Balaban J connectivity index is 1.47. The number of phenolic OH excluding ortho intramolecular Hbond substituents is 1. The van der Waals surface area contributed by atoms with E-state index in [0.717, 1.165) is 41.4 Å². The number of rotatable bonds is 8. The summed E-state index contributed by atoms with van der Waals surface area (Å²) < 4.78 is 17.0. The number of methoxy groups -OCH3 is 1. The fourth-order valence-corrected chi connectivity index (χ4v) is 6.83. The summed E-state index contributed by atoms with van der Waals surface area (Å²) in [6.45, 7) is 6.03. The number of nitrogens with zero attached hydrogens (tertiary/aromatic N) is 1. The zero-order valence-electron chi connectivity index (χ0n) is 25.0. The van der Waals surface area contributed by atoms with E-state index in [0.29, 0.717) is 29.2 Å². The maximum Gasteiger partial charge on any atom is 0.455 e. The molecule has 3 aliphatic rings. The third-order valence-electron chi connectivity index (χ3n) is 8.89. The summed E-state index contributed by atoms with van der Waals surface area (Å²) in [4.78, 5) is 39.9. The van der Waals surface area contributed by atoms with Crippen LogP contribution in [0, 0.1) is 31.6 Å². The second-order valence-corrected chi connectivity index (χ2v) is 11.6. The van der Waals surface area contributed by atoms with Gasteiger partial charge in [0, 0.05) is 0 Å². The maximum absolute atomic E-state index is 13.5. The number of allylic oxidation sites excluding steroid dienone is 1. The van der Waals surface area contributed by atoms with Crippen LogP contribution in [0.3, 0.4) is 0 Å². The number of hydrogen-bond acceptors (Lipinski definition) is 8. The molecule has 4 atom stereocenters. The fraction of sp³-hybridized carbons (Fsp3) is 0.424. The van der Waals surface area contributed by atoms with Crippen molar-refractivity contribution in [2.24, 2.45) is 17.8 Å². The molecular formula is C33H38BNO8. The number of fused-ring (bicyclic) bond motifs is 3. The average molecular weight is 587 g/mol. The van der Waals surface area contributed by atoms with Gasteiger partial charge in [-0.25, -0.2) is 4.79 Å². The molecular weight excluding hydrogens is 549 g/mol. The zero-order chi connectivity index (χ0) is 30.8. The second-order valence-electron chi connectivity index (χ2n) is 11.6. The van der Waals surface area contributed by atoms with Crippen LogP contribution >= 0.6 is 0 Å². The summed E-state index contributed by atoms with van der Waals surface area (Å²) in [6, 6.07) is 13.2. The number of carbonyl (C=O) groups excluding carboxylic acids is 3. The Labute approximate surface area is 252 Å². The highest BCUT2D eigenvalue weighted by atomic mass is 16.5. The van der Waals surface area contributed by atoms with Crippen molar-refractivity contribution in [3.8, 4) is 11.5 Å². The average Bonchev–Trinajstić information content (AvgIpc) is 3.25. The summed E-state index contributed by atoms with van der Waals surface area (Å²) >= 11 is 0. The Kier molecular flexibility index (Phi) is 9.08. The van der Waals surface area contributed by atoms with Gasteiger partial charge in [0.05, 0.1) is 25.0 Å². The molecule has 10 heteroatoms. The highest BCUT2D eigenvalue weighted by Gasteiger charge is 2.59. The molecule has 2 fully saturated rings. The van der Waals surface area contributed by atoms with E-state index < -0.39 is 48.9 Å². The van der Waals surface area contributed by atoms with Crippen molar-refractivity contribution in [2.45, 2.75) is 58.9 Å². The van der Waals surface area contributed by atoms with Gasteiger partial charge in [-0.3, -0.25) is 9.59 Å². The number of likely N-dealkylation sites (tertiary alicyclic amines) is 1. The molecule has 43 heavy (non-hydrogen) atoms. The van der Waals surface area contributed by atoms with E-state index in [4.69, 9.17) is 14.1 Å². The van der Waals surface area contributed by atoms with Gasteiger partial charge in [0.2, 0.25) is 11.8 Å². The Morgan fingerprint density at radius 3 is 2.47 bits per heavy atom. The van der Waals surface area contributed by atoms with Gasteiger partial charge in [0.25, 0.3) is 0 Å². The van der Waals surface area contributed by atoms with E-state index >= 15 is 0 Å². The molecule has 2 N–H and O–H groups in total. The van der Waals surface area contributed by atoms with Crippen molar-refractivity contribution in [1.82, 2.24) is 4.90 Å². The van der Waals surface area contributed by atoms with Crippen LogP contribution in [0.4, 0.5) is 4.79 Å². The third-order valence-corrected chi connectivity index (χ3v) is 8.89. The molecule has 2 aromatic carbocycles. The number of benzene rings is 2. The van der Waals surface area contributed by atoms with Crippen molar-refractivity contribution < 1.29 is 38.6 Å². The summed E-state index contributed by atoms with van der Waals surface area (Å²) in [7, 11) is 0.0157. The number of amides is 3. The first-order chi connectivity index (χ1) is 20.6. The quantitative estimate of drug-likeness (QED) is 0.245. The lowest BCUT2D eigenvalue weighted by atomic mass is 9.58. The van der Waals surface area contributed by atoms with E-state index in [1.165, 1.54) is 5.57 Å². The Morgan fingerprint density at radius 2 is 1.81 bits per heavy atom. The number of ether oxygens (including phenoxy) is 2. The molecule has 0 radical (unpaired) electrons. The lowest BCUT2D eigenvalue weighted by Crippen LogP contribution is -2.46. The first kappa shape index (κ1) is 30.6. The van der Waals surface area contributed by atoms with E-state index in [1.807, 2.05) is 56.3 Å². The number of aryl methyl sites for hydroxylation is 2. The molecule has 0 unspecified atom stereocenters. The summed E-state index contributed by atoms with van der Waals surface area (Å²) in [5, 5.41) is 21.0. The lowest BCUT2D eigenvalue weighted by Gasteiger charge is -2.43. The molecule has 2 aromatic rings. The Bertz CT molecular complexity index is 1450. The van der Waals surface area contributed by atoms with Crippen molar-refractivity contribution in [2.75, 3.05) is 13.7 Å². The molecule has 226 valence electrons. The Morgan fingerprint density at radius 1 is 1.12 bits per heavy atom. The van der Waals surface area contributed by atoms with E-state index in [1.54, 1.807) is 0 Å². The van der Waals surface area contributed by atoms with Gasteiger partial charge < -0.3 is 24.3 Å². The molecule has 2 aliphatic heterocycles. The topological polar surface area (TPSA) is 123 Å². The molecule has 0 saturated carbocycles. The van der Waals surface area contributed by atoms with Crippen LogP contribution in [0.15, 0.2) is 59.2 Å². The predicted octanol–water partition coefficient (Wildman–Crippen LogP) is 5.23. The SMILES string of the molecule is CC/C(=C\c1cc(C)c(O)c(C)c1)CC[C@H]1OB(O)C[C@H]2C1=C(COc1ccccc1)C[C@H]1C(=O)N(C(=O)OC)C(=O)[C@H]12. The highest BCUT2D eigenvalue weighted by molar-refractivity contribution is 6.43. The van der Waals surface area contributed by atoms with Crippen molar-refractivity contribution >= 4 is 31.1 Å². The van der Waals surface area contributed by atoms with E-state index in [2.05, 4.69) is 13.0 Å². The standard InChI is InChI=1S/C33H38BNO8/c1-5-21(15-22-13-19(2)30(36)20(3)14-22)11-12-27-28-23(18-42-24-9-7-6-8-10-24)16-25-29(26(28)17-34(40)43-27)32(38)35(31(25)37)33(39)41-4/h6-10,13-15,25-27,29,36,40H,5,11-12,16-18H2,1-4H3/b21-15+/t25-,26+,27-,29-/m1/s1. The van der Waals surface area contributed by atoms with Crippen LogP contribution < -0.4 is 4.74 Å². The van der Waals surface area contributed by atoms with Crippen molar-refractivity contribution in [3.05, 3.63) is 75.9 Å². The largest absolute Gasteiger partial charge is 0.507 e. The van der Waals surface area contributed by atoms with Crippen LogP contribution in [-0.2, 0) is 19.0 Å². The van der Waals surface area contributed by atoms with Gasteiger partial charge in [-0.1, -0.05) is 36.8 Å². The molecule has 1 aliphatic carbocycles. The molecule has 2 heterocycles. The van der Waals surface area contributed by atoms with Crippen LogP contribution in [0.5, 0.6) is 11.5 Å². The van der Waals surface area contributed by atoms with Gasteiger partial charge in [-0.15, -0.1) is 0 Å². The van der Waals surface area contributed by atoms with Gasteiger partial charge >= 0.3 is 13.2 Å². The van der Waals surface area contributed by atoms with Crippen LogP contribution in [-0.4, -0.2) is 59.9 Å². The normalized spacial score (nSPS) is 23.8. The number of carbonyl (C=O) groups is 3. The van der Waals surface area contributed by atoms with Gasteiger partial charge in [0.1, 0.15) is 18.1 Å². The van der Waals surface area contributed by atoms with Crippen molar-refractivity contribution in [1.29, 1.82) is 0 Å². The smallest absolute Gasteiger partial charge is 0.455 e. The van der Waals surface area contributed by atoms with Crippen LogP contribution in [0.25, 0.3) is 6.08 Å². The fourth-order valence-electron chi connectivity index (χ4n) is 6.83. The first-order valence-electron chi connectivity index (χ1n) is 14.8. The molecule has 0 spiro atoms. The number of para-hydroxylation sites is 1. The van der Waals surface area contributed by atoms with Gasteiger partial charge in [0.15, 0.2) is 0 Å². The van der Waals surface area contributed by atoms with Crippen molar-refractivity contribution in [3.63, 3.8) is 0 Å². The Hall–Kier alpha value is -3.89. The molecule has 9 nitrogen and oxygen atoms in total. The monoisotopic (exact) mass is 587 g/mol. The molecule has 2 saturated heterocycles. The zero-order valence-corrected chi connectivity index (χ0v) is 25.0. The maximum atomic E-state index is 13.5. The first-order valence-corrected chi connectivity index (χ1v) is 14.8. The number of imide groups is 3. The molecule has 0 aromatic heterocycles. The number of aromatic hydroxyl groups is 1. The summed E-state index contributed by atoms with van der Waals surface area (Å²) in [5.74, 6) is -2.21. The van der Waals surface area contributed by atoms with Gasteiger partial charge in [-0.05, 0) is 104 Å². The minimum absolute atomic E-state index is 0.137. The molecule has 0 bridgehead atoms. The van der Waals surface area contributed by atoms with Crippen LogP contribution in [0.2, 0.25) is 6.32 Å². The van der Waals surface area contributed by atoms with E-state index in [9.17, 15) is 24.5 Å². The second kappa shape index (κ2) is 12.8. The molecule has 3 amide bonds. The third kappa shape index (κ3) is 6.12. The highest BCUT2D eigenvalue weighted by Crippen LogP contribution is 2.50. The lowest BCUT2D eigenvalue weighted by molar-refractivity contribution is -0.137. The minimum Gasteiger partial charge on any atom is -0.507 e. The van der Waals surface area contributed by atoms with Gasteiger partial charge in [-0.2, -0.15) is 4.90 Å². The number of hydrogen-bond donors (Lipinski definition) is 2. The predicted molar refractivity (Wildman–Crippen MR) is 161 cm³/mol. The van der Waals surface area contributed by atoms with E-state index in [-0.39, 0.29) is 19.3 Å².